The molecule has 3 rings (SSSR count). The summed E-state index contributed by atoms with van der Waals surface area (Å²) in [4.78, 5) is 7.72. The van der Waals surface area contributed by atoms with Gasteiger partial charge in [0.1, 0.15) is 35.3 Å². The molecule has 4 N–H and O–H groups in total. The lowest BCUT2D eigenvalue weighted by Gasteiger charge is -2.13. The number of aromatic nitrogens is 2. The molecule has 128 valence electrons. The quantitative estimate of drug-likeness (QED) is 0.618. The summed E-state index contributed by atoms with van der Waals surface area (Å²) in [5.41, 5.74) is 5.59. The number of nitrogens with two attached hydrogens (primary N) is 1. The first-order chi connectivity index (χ1) is 11.9. The van der Waals surface area contributed by atoms with Gasteiger partial charge in [-0.2, -0.15) is 0 Å². The van der Waals surface area contributed by atoms with Crippen LogP contribution < -0.4 is 16.4 Å². The lowest BCUT2D eigenvalue weighted by Crippen LogP contribution is -2.06. The van der Waals surface area contributed by atoms with Gasteiger partial charge in [-0.3, -0.25) is 0 Å². The van der Waals surface area contributed by atoms with E-state index in [2.05, 4.69) is 20.6 Å². The van der Waals surface area contributed by atoms with Crippen molar-refractivity contribution in [1.82, 2.24) is 9.97 Å². The normalized spacial score (nSPS) is 10.6. The van der Waals surface area contributed by atoms with Crippen molar-refractivity contribution in [2.24, 2.45) is 0 Å². The molecule has 0 spiro atoms. The summed E-state index contributed by atoms with van der Waals surface area (Å²) in [5.74, 6) is -2.93. The molecule has 0 fully saturated rings. The van der Waals surface area contributed by atoms with E-state index in [-0.39, 0.29) is 28.7 Å². The van der Waals surface area contributed by atoms with E-state index in [0.29, 0.717) is 6.07 Å². The van der Waals surface area contributed by atoms with Crippen molar-refractivity contribution >= 4 is 28.7 Å². The third-order valence-corrected chi connectivity index (χ3v) is 3.25. The SMILES string of the molecule is Nc1c(Nc2ccc(F)cc2F)ncnc1Nc1cc(F)ccc1F. The maximum Gasteiger partial charge on any atom is 0.159 e. The molecule has 0 saturated heterocycles. The largest absolute Gasteiger partial charge is 0.393 e. The monoisotopic (exact) mass is 349 g/mol. The van der Waals surface area contributed by atoms with Gasteiger partial charge in [-0.15, -0.1) is 0 Å². The first-order valence-electron chi connectivity index (χ1n) is 6.98. The molecule has 0 unspecified atom stereocenters. The first kappa shape index (κ1) is 16.5. The fourth-order valence-corrected chi connectivity index (χ4v) is 2.03. The molecule has 0 atom stereocenters. The van der Waals surface area contributed by atoms with Crippen molar-refractivity contribution in [2.45, 2.75) is 0 Å². The van der Waals surface area contributed by atoms with Crippen LogP contribution >= 0.6 is 0 Å². The van der Waals surface area contributed by atoms with Gasteiger partial charge in [-0.05, 0) is 24.3 Å². The van der Waals surface area contributed by atoms with Crippen LogP contribution in [0.4, 0.5) is 46.3 Å². The standard InChI is InChI=1S/C16H11F4N5/c17-8-2-4-12(11(20)5-8)24-15-14(21)16(23-7-22-15)25-13-6-9(18)1-3-10(13)19/h1-7H,21H2,(H2,22,23,24,25). The number of rotatable bonds is 4. The van der Waals surface area contributed by atoms with E-state index in [9.17, 15) is 17.6 Å². The van der Waals surface area contributed by atoms with E-state index >= 15 is 0 Å². The number of nitrogens with one attached hydrogen (secondary N) is 2. The Morgan fingerprint density at radius 1 is 0.720 bits per heavy atom. The molecule has 1 heterocycles. The topological polar surface area (TPSA) is 75.9 Å². The molecule has 1 aromatic heterocycles. The zero-order valence-corrected chi connectivity index (χ0v) is 12.5. The molecule has 25 heavy (non-hydrogen) atoms. The van der Waals surface area contributed by atoms with Crippen molar-refractivity contribution in [2.75, 3.05) is 16.4 Å². The highest BCUT2D eigenvalue weighted by Gasteiger charge is 2.13. The Kier molecular flexibility index (Phi) is 4.38. The van der Waals surface area contributed by atoms with Crippen molar-refractivity contribution in [3.63, 3.8) is 0 Å². The van der Waals surface area contributed by atoms with Gasteiger partial charge < -0.3 is 16.4 Å². The molecular weight excluding hydrogens is 338 g/mol. The Labute approximate surface area is 139 Å². The predicted molar refractivity (Wildman–Crippen MR) is 85.7 cm³/mol. The number of halogens is 4. The fraction of sp³-hybridized carbons (Fsp3) is 0. The van der Waals surface area contributed by atoms with Gasteiger partial charge >= 0.3 is 0 Å². The molecule has 0 aliphatic rings. The van der Waals surface area contributed by atoms with Gasteiger partial charge in [0.25, 0.3) is 0 Å². The van der Waals surface area contributed by atoms with E-state index in [1.54, 1.807) is 0 Å². The Morgan fingerprint density at radius 3 is 2.00 bits per heavy atom. The van der Waals surface area contributed by atoms with Crippen LogP contribution in [-0.2, 0) is 0 Å². The summed E-state index contributed by atoms with van der Waals surface area (Å²) >= 11 is 0. The molecule has 0 radical (unpaired) electrons. The molecule has 0 aliphatic heterocycles. The van der Waals surface area contributed by atoms with Gasteiger partial charge in [0.15, 0.2) is 11.6 Å². The molecule has 9 heteroatoms. The van der Waals surface area contributed by atoms with Crippen molar-refractivity contribution < 1.29 is 17.6 Å². The summed E-state index contributed by atoms with van der Waals surface area (Å²) in [6, 6.07) is 5.77. The summed E-state index contributed by atoms with van der Waals surface area (Å²) in [7, 11) is 0. The van der Waals surface area contributed by atoms with E-state index < -0.39 is 23.3 Å². The Bertz CT molecular complexity index is 932. The Morgan fingerprint density at radius 2 is 1.32 bits per heavy atom. The third-order valence-electron chi connectivity index (χ3n) is 3.25. The lowest BCUT2D eigenvalue weighted by atomic mass is 10.2. The molecule has 3 aromatic rings. The van der Waals surface area contributed by atoms with Gasteiger partial charge in [-0.1, -0.05) is 0 Å². The van der Waals surface area contributed by atoms with Crippen LogP contribution in [0.2, 0.25) is 0 Å². The average Bonchev–Trinajstić information content (AvgIpc) is 2.57. The fourth-order valence-electron chi connectivity index (χ4n) is 2.03. The number of hydrogen-bond acceptors (Lipinski definition) is 5. The van der Waals surface area contributed by atoms with Crippen LogP contribution in [-0.4, -0.2) is 9.97 Å². The summed E-state index contributed by atoms with van der Waals surface area (Å²) in [6.45, 7) is 0. The van der Waals surface area contributed by atoms with Crippen LogP contribution in [0.5, 0.6) is 0 Å². The first-order valence-corrected chi connectivity index (χ1v) is 6.98. The van der Waals surface area contributed by atoms with E-state index in [0.717, 1.165) is 30.6 Å². The minimum atomic E-state index is -0.844. The molecule has 0 aliphatic carbocycles. The zero-order chi connectivity index (χ0) is 18.0. The summed E-state index contributed by atoms with van der Waals surface area (Å²) in [5, 5.41) is 5.14. The molecular formula is C16H11F4N5. The second-order valence-corrected chi connectivity index (χ2v) is 4.98. The second kappa shape index (κ2) is 6.63. The van der Waals surface area contributed by atoms with Gasteiger partial charge in [0, 0.05) is 12.1 Å². The second-order valence-electron chi connectivity index (χ2n) is 4.98. The highest BCUT2D eigenvalue weighted by molar-refractivity contribution is 5.80. The smallest absolute Gasteiger partial charge is 0.159 e. The molecule has 2 aromatic carbocycles. The number of nitrogen functional groups attached to an aromatic ring is 1. The van der Waals surface area contributed by atoms with Gasteiger partial charge in [0.2, 0.25) is 0 Å². The number of benzene rings is 2. The summed E-state index contributed by atoms with van der Waals surface area (Å²) in [6.07, 6.45) is 1.10. The van der Waals surface area contributed by atoms with Gasteiger partial charge in [0.05, 0.1) is 11.4 Å². The average molecular weight is 349 g/mol. The van der Waals surface area contributed by atoms with Crippen LogP contribution in [0.25, 0.3) is 0 Å². The van der Waals surface area contributed by atoms with Crippen molar-refractivity contribution in [3.05, 3.63) is 66.0 Å². The van der Waals surface area contributed by atoms with E-state index in [1.165, 1.54) is 6.07 Å². The van der Waals surface area contributed by atoms with Crippen molar-refractivity contribution in [3.8, 4) is 0 Å². The summed E-state index contributed by atoms with van der Waals surface area (Å²) < 4.78 is 53.6. The number of anilines is 5. The van der Waals surface area contributed by atoms with Crippen LogP contribution in [0.1, 0.15) is 0 Å². The van der Waals surface area contributed by atoms with Crippen LogP contribution in [0, 0.1) is 23.3 Å². The molecule has 0 saturated carbocycles. The Balaban J connectivity index is 1.91. The highest BCUT2D eigenvalue weighted by atomic mass is 19.1. The zero-order valence-electron chi connectivity index (χ0n) is 12.5. The van der Waals surface area contributed by atoms with E-state index in [1.807, 2.05) is 0 Å². The minimum absolute atomic E-state index is 0.00970. The lowest BCUT2D eigenvalue weighted by molar-refractivity contribution is 0.586. The van der Waals surface area contributed by atoms with Crippen LogP contribution in [0.15, 0.2) is 42.7 Å². The van der Waals surface area contributed by atoms with Crippen molar-refractivity contribution in [1.29, 1.82) is 0 Å². The Hall–Kier alpha value is -3.36. The predicted octanol–water partition coefficient (Wildman–Crippen LogP) is 4.10. The molecule has 0 amide bonds. The highest BCUT2D eigenvalue weighted by Crippen LogP contribution is 2.30. The number of hydrogen-bond donors (Lipinski definition) is 3. The molecule has 5 nitrogen and oxygen atoms in total. The number of nitrogens with zero attached hydrogens (tertiary/aromatic N) is 2. The van der Waals surface area contributed by atoms with E-state index in [4.69, 9.17) is 5.73 Å². The maximum atomic E-state index is 13.7. The van der Waals surface area contributed by atoms with Crippen LogP contribution in [0.3, 0.4) is 0 Å². The maximum absolute atomic E-state index is 13.7. The van der Waals surface area contributed by atoms with Gasteiger partial charge in [-0.25, -0.2) is 27.5 Å². The minimum Gasteiger partial charge on any atom is -0.393 e. The third kappa shape index (κ3) is 3.60. The molecule has 0 bridgehead atoms.